The largest absolute Gasteiger partial charge is 0.381 e. The number of Topliss-reactive ketones (excluding diaryl/α,β-unsaturated/α-hetero) is 1. The van der Waals surface area contributed by atoms with Crippen molar-refractivity contribution in [3.8, 4) is 11.5 Å². The van der Waals surface area contributed by atoms with Crippen LogP contribution >= 0.6 is 0 Å². The Kier molecular flexibility index (Phi) is 7.20. The van der Waals surface area contributed by atoms with Crippen LogP contribution in [0.1, 0.15) is 61.1 Å². The van der Waals surface area contributed by atoms with Crippen molar-refractivity contribution in [1.82, 2.24) is 19.9 Å². The van der Waals surface area contributed by atoms with Crippen LogP contribution in [-0.4, -0.2) is 72.1 Å². The number of nitrogens with one attached hydrogen (secondary N) is 2. The zero-order valence-electron chi connectivity index (χ0n) is 20.6. The number of benzene rings is 1. The minimum Gasteiger partial charge on any atom is -0.381 e. The summed E-state index contributed by atoms with van der Waals surface area (Å²) >= 11 is 0. The second-order valence-corrected chi connectivity index (χ2v) is 8.93. The molecule has 1 aromatic carbocycles. The molecule has 2 N–H and O–H groups in total. The highest BCUT2D eigenvalue weighted by Gasteiger charge is 2.29. The average molecular weight is 452 g/mol. The Morgan fingerprint density at radius 2 is 1.79 bits per heavy atom. The number of rotatable bonds is 4. The number of hydrogen-bond donors (Lipinski definition) is 2. The molecule has 2 aliphatic rings. The summed E-state index contributed by atoms with van der Waals surface area (Å²) in [7, 11) is 2.17. The van der Waals surface area contributed by atoms with Crippen molar-refractivity contribution in [1.29, 1.82) is 0 Å². The molecule has 5 rings (SSSR count). The van der Waals surface area contributed by atoms with Crippen molar-refractivity contribution in [3.05, 3.63) is 35.0 Å². The summed E-state index contributed by atoms with van der Waals surface area (Å²) in [5.74, 6) is 1.22. The van der Waals surface area contributed by atoms with Crippen molar-refractivity contribution in [2.24, 2.45) is 0 Å². The third-order valence-electron chi connectivity index (χ3n) is 6.78. The molecule has 0 saturated carbocycles. The molecule has 33 heavy (non-hydrogen) atoms. The number of piperazine rings is 1. The first-order chi connectivity index (χ1) is 16.0. The van der Waals surface area contributed by atoms with Crippen molar-refractivity contribution < 1.29 is 9.53 Å². The molecular weight excluding hydrogens is 414 g/mol. The Morgan fingerprint density at radius 1 is 1.09 bits per heavy atom. The van der Waals surface area contributed by atoms with Crippen LogP contribution in [0.5, 0.6) is 0 Å². The molecule has 7 heteroatoms. The van der Waals surface area contributed by atoms with Gasteiger partial charge in [0.25, 0.3) is 0 Å². The fourth-order valence-corrected chi connectivity index (χ4v) is 5.06. The summed E-state index contributed by atoms with van der Waals surface area (Å²) in [5, 5.41) is 0. The van der Waals surface area contributed by atoms with Gasteiger partial charge >= 0.3 is 0 Å². The summed E-state index contributed by atoms with van der Waals surface area (Å²) in [6, 6.07) is 6.46. The van der Waals surface area contributed by atoms with Gasteiger partial charge in [-0.3, -0.25) is 4.79 Å². The number of carbonyl (C=O) groups is 1. The molecule has 2 saturated heterocycles. The van der Waals surface area contributed by atoms with Gasteiger partial charge in [0.2, 0.25) is 0 Å². The Morgan fingerprint density at radius 3 is 2.45 bits per heavy atom. The fourth-order valence-electron chi connectivity index (χ4n) is 5.06. The molecule has 7 nitrogen and oxygen atoms in total. The number of aryl methyl sites for hydroxylation is 1. The third kappa shape index (κ3) is 4.70. The molecule has 3 aromatic rings. The van der Waals surface area contributed by atoms with Gasteiger partial charge in [-0.25, -0.2) is 4.98 Å². The topological polar surface area (TPSA) is 77.3 Å². The van der Waals surface area contributed by atoms with Crippen LogP contribution in [0, 0.1) is 6.92 Å². The molecule has 0 aliphatic carbocycles. The maximum atomic E-state index is 12.5. The monoisotopic (exact) mass is 451 g/mol. The average Bonchev–Trinajstić information content (AvgIpc) is 3.41. The molecule has 0 atom stereocenters. The lowest BCUT2D eigenvalue weighted by Crippen LogP contribution is -2.44. The van der Waals surface area contributed by atoms with Crippen LogP contribution in [0.15, 0.2) is 18.2 Å². The van der Waals surface area contributed by atoms with Crippen LogP contribution in [-0.2, 0) is 4.74 Å². The predicted octanol–water partition coefficient (Wildman–Crippen LogP) is 4.74. The molecule has 0 unspecified atom stereocenters. The SMILES string of the molecule is CC.CC(=O)c1c(C)[nH]c(-c2nc3ccc(N4CCN(C)CC4)cc3[nH]2)c1C1CCOCC1. The van der Waals surface area contributed by atoms with E-state index < -0.39 is 0 Å². The summed E-state index contributed by atoms with van der Waals surface area (Å²) in [6.07, 6.45) is 1.86. The van der Waals surface area contributed by atoms with Gasteiger partial charge in [0.1, 0.15) is 0 Å². The minimum absolute atomic E-state index is 0.106. The van der Waals surface area contributed by atoms with E-state index in [4.69, 9.17) is 9.72 Å². The number of nitrogens with zero attached hydrogens (tertiary/aromatic N) is 3. The quantitative estimate of drug-likeness (QED) is 0.560. The summed E-state index contributed by atoms with van der Waals surface area (Å²) in [4.78, 5) is 29.2. The zero-order chi connectivity index (χ0) is 23.5. The van der Waals surface area contributed by atoms with E-state index in [1.807, 2.05) is 20.8 Å². The van der Waals surface area contributed by atoms with Gasteiger partial charge in [-0.15, -0.1) is 0 Å². The van der Waals surface area contributed by atoms with Gasteiger partial charge in [-0.1, -0.05) is 13.8 Å². The van der Waals surface area contributed by atoms with E-state index in [0.29, 0.717) is 5.92 Å². The normalized spacial score (nSPS) is 17.8. The number of ketones is 1. The van der Waals surface area contributed by atoms with Gasteiger partial charge in [-0.2, -0.15) is 0 Å². The number of fused-ring (bicyclic) bond motifs is 1. The number of carbonyl (C=O) groups excluding carboxylic acids is 1. The van der Waals surface area contributed by atoms with Crippen molar-refractivity contribution in [3.63, 3.8) is 0 Å². The van der Waals surface area contributed by atoms with Crippen LogP contribution in [0.3, 0.4) is 0 Å². The van der Waals surface area contributed by atoms with Crippen molar-refractivity contribution >= 4 is 22.5 Å². The molecule has 4 heterocycles. The maximum Gasteiger partial charge on any atom is 0.161 e. The molecule has 2 aliphatic heterocycles. The van der Waals surface area contributed by atoms with E-state index in [2.05, 4.69) is 45.0 Å². The van der Waals surface area contributed by atoms with Crippen LogP contribution in [0.2, 0.25) is 0 Å². The molecule has 2 aromatic heterocycles. The van der Waals surface area contributed by atoms with Crippen molar-refractivity contribution in [2.45, 2.75) is 46.5 Å². The standard InChI is InChI=1S/C24H31N5O2.C2H6/c1-15-21(16(2)30)22(17-6-12-31-13-7-17)23(25-15)24-26-19-5-4-18(14-20(19)27-24)29-10-8-28(3)9-11-29;1-2/h4-5,14,17,25H,6-13H2,1-3H3,(H,26,27);1-2H3. The Labute approximate surface area is 196 Å². The first kappa shape index (κ1) is 23.5. The van der Waals surface area contributed by atoms with E-state index in [9.17, 15) is 4.79 Å². The zero-order valence-corrected chi connectivity index (χ0v) is 20.6. The number of hydrogen-bond acceptors (Lipinski definition) is 5. The summed E-state index contributed by atoms with van der Waals surface area (Å²) < 4.78 is 5.57. The van der Waals surface area contributed by atoms with Gasteiger partial charge in [0.05, 0.1) is 16.7 Å². The van der Waals surface area contributed by atoms with Gasteiger partial charge in [0, 0.05) is 56.3 Å². The van der Waals surface area contributed by atoms with Gasteiger partial charge in [0.15, 0.2) is 11.6 Å². The first-order valence-electron chi connectivity index (χ1n) is 12.3. The molecule has 2 fully saturated rings. The number of aromatic nitrogens is 3. The lowest BCUT2D eigenvalue weighted by Gasteiger charge is -2.34. The molecule has 0 bridgehead atoms. The summed E-state index contributed by atoms with van der Waals surface area (Å²) in [5.41, 5.74) is 7.00. The number of likely N-dealkylation sites (N-methyl/N-ethyl adjacent to an activating group) is 1. The number of anilines is 1. The predicted molar refractivity (Wildman–Crippen MR) is 134 cm³/mol. The third-order valence-corrected chi connectivity index (χ3v) is 6.78. The Balaban J connectivity index is 0.00000126. The number of aromatic amines is 2. The second kappa shape index (κ2) is 10.1. The van der Waals surface area contributed by atoms with E-state index >= 15 is 0 Å². The van der Waals surface area contributed by atoms with Crippen molar-refractivity contribution in [2.75, 3.05) is 51.3 Å². The van der Waals surface area contributed by atoms with E-state index in [-0.39, 0.29) is 5.78 Å². The lowest BCUT2D eigenvalue weighted by molar-refractivity contribution is 0.0847. The molecular formula is C26H37N5O2. The maximum absolute atomic E-state index is 12.5. The Bertz CT molecular complexity index is 1100. The second-order valence-electron chi connectivity index (χ2n) is 8.93. The highest BCUT2D eigenvalue weighted by molar-refractivity contribution is 5.99. The smallest absolute Gasteiger partial charge is 0.161 e. The lowest BCUT2D eigenvalue weighted by atomic mass is 9.87. The van der Waals surface area contributed by atoms with E-state index in [1.54, 1.807) is 6.92 Å². The number of H-pyrrole nitrogens is 2. The highest BCUT2D eigenvalue weighted by Crippen LogP contribution is 2.38. The Hall–Kier alpha value is -2.64. The van der Waals surface area contributed by atoms with E-state index in [0.717, 1.165) is 91.6 Å². The summed E-state index contributed by atoms with van der Waals surface area (Å²) in [6.45, 7) is 13.3. The van der Waals surface area contributed by atoms with Crippen LogP contribution in [0.25, 0.3) is 22.6 Å². The van der Waals surface area contributed by atoms with Gasteiger partial charge in [-0.05, 0) is 63.4 Å². The number of ether oxygens (including phenoxy) is 1. The minimum atomic E-state index is 0.106. The highest BCUT2D eigenvalue weighted by atomic mass is 16.5. The van der Waals surface area contributed by atoms with E-state index in [1.165, 1.54) is 5.69 Å². The molecule has 178 valence electrons. The van der Waals surface area contributed by atoms with Gasteiger partial charge < -0.3 is 24.5 Å². The number of imidazole rings is 1. The van der Waals surface area contributed by atoms with Crippen LogP contribution < -0.4 is 4.90 Å². The first-order valence-corrected chi connectivity index (χ1v) is 12.3. The van der Waals surface area contributed by atoms with Crippen LogP contribution in [0.4, 0.5) is 5.69 Å². The molecule has 0 spiro atoms. The fraction of sp³-hybridized carbons (Fsp3) is 0.538. The molecule has 0 amide bonds. The molecule has 0 radical (unpaired) electrons.